The molecule has 0 saturated heterocycles. The lowest BCUT2D eigenvalue weighted by molar-refractivity contribution is 0.784. The Bertz CT molecular complexity index is 482. The minimum absolute atomic E-state index is 0.275. The van der Waals surface area contributed by atoms with E-state index in [-0.39, 0.29) is 5.79 Å². The van der Waals surface area contributed by atoms with Crippen LogP contribution < -0.4 is 9.80 Å². The predicted octanol–water partition coefficient (Wildman–Crippen LogP) is 3.39. The number of nitrogens with zero attached hydrogens (tertiary/aromatic N) is 2. The molecule has 20 heavy (non-hydrogen) atoms. The van der Waals surface area contributed by atoms with Gasteiger partial charge in [-0.2, -0.15) is 0 Å². The SMILES string of the molecule is C=C[Si]C(N(C)c1ccccc1)N(C)c1ccccc1. The van der Waals surface area contributed by atoms with Gasteiger partial charge in [0.05, 0.1) is 5.79 Å². The molecule has 0 amide bonds. The number of hydrogen-bond acceptors (Lipinski definition) is 2. The number of anilines is 2. The van der Waals surface area contributed by atoms with Gasteiger partial charge in [0.2, 0.25) is 0 Å². The average Bonchev–Trinajstić information content (AvgIpc) is 2.53. The Morgan fingerprint density at radius 1 is 0.850 bits per heavy atom. The van der Waals surface area contributed by atoms with Crippen LogP contribution in [0.2, 0.25) is 0 Å². The van der Waals surface area contributed by atoms with E-state index in [2.05, 4.69) is 79.0 Å². The van der Waals surface area contributed by atoms with E-state index >= 15 is 0 Å². The van der Waals surface area contributed by atoms with Crippen LogP contribution in [0, 0.1) is 0 Å². The van der Waals surface area contributed by atoms with Gasteiger partial charge in [0.15, 0.2) is 0 Å². The highest BCUT2D eigenvalue weighted by atomic mass is 28.2. The Morgan fingerprint density at radius 2 is 1.25 bits per heavy atom. The highest BCUT2D eigenvalue weighted by Crippen LogP contribution is 2.20. The topological polar surface area (TPSA) is 6.48 Å². The van der Waals surface area contributed by atoms with Crippen LogP contribution in [0.15, 0.2) is 72.9 Å². The molecular formula is C17H20N2Si. The summed E-state index contributed by atoms with van der Waals surface area (Å²) in [6.07, 6.45) is 0. The predicted molar refractivity (Wildman–Crippen MR) is 89.4 cm³/mol. The maximum Gasteiger partial charge on any atom is 0.128 e. The summed E-state index contributed by atoms with van der Waals surface area (Å²) in [5.74, 6) is 0.275. The van der Waals surface area contributed by atoms with Crippen LogP contribution in [0.25, 0.3) is 0 Å². The Labute approximate surface area is 124 Å². The molecule has 2 aromatic carbocycles. The zero-order chi connectivity index (χ0) is 14.4. The molecule has 0 aromatic heterocycles. The van der Waals surface area contributed by atoms with Crippen molar-refractivity contribution in [3.05, 3.63) is 72.9 Å². The molecule has 0 aliphatic heterocycles. The van der Waals surface area contributed by atoms with E-state index in [0.717, 1.165) is 0 Å². The first-order chi connectivity index (χ1) is 9.74. The first-order valence-corrected chi connectivity index (χ1v) is 7.82. The van der Waals surface area contributed by atoms with Gasteiger partial charge in [-0.15, -0.1) is 12.3 Å². The zero-order valence-corrected chi connectivity index (χ0v) is 13.0. The first-order valence-electron chi connectivity index (χ1n) is 6.67. The molecule has 2 aromatic rings. The molecule has 2 nitrogen and oxygen atoms in total. The summed E-state index contributed by atoms with van der Waals surface area (Å²) in [5, 5.41) is 0. The van der Waals surface area contributed by atoms with Gasteiger partial charge in [-0.1, -0.05) is 36.4 Å². The highest BCUT2D eigenvalue weighted by Gasteiger charge is 2.19. The monoisotopic (exact) mass is 280 g/mol. The summed E-state index contributed by atoms with van der Waals surface area (Å²) in [5.41, 5.74) is 4.44. The van der Waals surface area contributed by atoms with Crippen molar-refractivity contribution in [2.45, 2.75) is 5.79 Å². The van der Waals surface area contributed by atoms with E-state index in [1.807, 2.05) is 17.8 Å². The van der Waals surface area contributed by atoms with Gasteiger partial charge in [-0.25, -0.2) is 0 Å². The van der Waals surface area contributed by atoms with Crippen LogP contribution in [-0.4, -0.2) is 29.4 Å². The van der Waals surface area contributed by atoms with E-state index in [0.29, 0.717) is 9.52 Å². The van der Waals surface area contributed by atoms with Gasteiger partial charge in [-0.05, 0) is 24.3 Å². The van der Waals surface area contributed by atoms with Crippen LogP contribution >= 0.6 is 0 Å². The maximum atomic E-state index is 3.91. The quantitative estimate of drug-likeness (QED) is 0.591. The molecule has 0 atom stereocenters. The van der Waals surface area contributed by atoms with Gasteiger partial charge >= 0.3 is 0 Å². The maximum absolute atomic E-state index is 3.91. The van der Waals surface area contributed by atoms with Crippen molar-refractivity contribution in [3.63, 3.8) is 0 Å². The van der Waals surface area contributed by atoms with Gasteiger partial charge < -0.3 is 9.80 Å². The van der Waals surface area contributed by atoms with Crippen LogP contribution in [0.5, 0.6) is 0 Å². The summed E-state index contributed by atoms with van der Waals surface area (Å²) >= 11 is 0. The normalized spacial score (nSPS) is 10.3. The Kier molecular flexibility index (Phi) is 5.01. The van der Waals surface area contributed by atoms with Crippen molar-refractivity contribution in [1.29, 1.82) is 0 Å². The van der Waals surface area contributed by atoms with Gasteiger partial charge in [-0.3, -0.25) is 0 Å². The van der Waals surface area contributed by atoms with E-state index in [9.17, 15) is 0 Å². The van der Waals surface area contributed by atoms with E-state index < -0.39 is 0 Å². The molecule has 102 valence electrons. The summed E-state index contributed by atoms with van der Waals surface area (Å²) in [6.45, 7) is 3.91. The second-order valence-electron chi connectivity index (χ2n) is 4.64. The lowest BCUT2D eigenvalue weighted by atomic mass is 10.3. The first kappa shape index (κ1) is 14.4. The third-order valence-electron chi connectivity index (χ3n) is 3.33. The summed E-state index contributed by atoms with van der Waals surface area (Å²) in [7, 11) is 4.90. The lowest BCUT2D eigenvalue weighted by Gasteiger charge is -2.37. The summed E-state index contributed by atoms with van der Waals surface area (Å²) in [6, 6.07) is 20.9. The number of rotatable bonds is 6. The van der Waals surface area contributed by atoms with Gasteiger partial charge in [0, 0.05) is 25.5 Å². The number of benzene rings is 2. The van der Waals surface area contributed by atoms with Crippen LogP contribution in [0.4, 0.5) is 11.4 Å². The van der Waals surface area contributed by atoms with Crippen molar-refractivity contribution < 1.29 is 0 Å². The fourth-order valence-electron chi connectivity index (χ4n) is 2.20. The van der Waals surface area contributed by atoms with E-state index in [1.54, 1.807) is 0 Å². The average molecular weight is 280 g/mol. The molecule has 3 heteroatoms. The second-order valence-corrected chi connectivity index (χ2v) is 5.90. The fourth-order valence-corrected chi connectivity index (χ4v) is 3.15. The third kappa shape index (κ3) is 3.30. The molecule has 2 rings (SSSR count). The lowest BCUT2D eigenvalue weighted by Crippen LogP contribution is -2.49. The molecular weight excluding hydrogens is 260 g/mol. The van der Waals surface area contributed by atoms with Crippen molar-refractivity contribution in [2.24, 2.45) is 0 Å². The molecule has 0 spiro atoms. The molecule has 0 fully saturated rings. The van der Waals surface area contributed by atoms with Gasteiger partial charge in [0.25, 0.3) is 0 Å². The Balaban J connectivity index is 2.24. The summed E-state index contributed by atoms with van der Waals surface area (Å²) < 4.78 is 0. The molecule has 0 saturated carbocycles. The van der Waals surface area contributed by atoms with Crippen molar-refractivity contribution in [1.82, 2.24) is 0 Å². The fraction of sp³-hybridized carbons (Fsp3) is 0.176. The standard InChI is InChI=1S/C17H20N2Si/c1-4-20-17(18(2)15-11-7-5-8-12-15)19(3)16-13-9-6-10-14-16/h4-14,17H,1H2,2-3H3. The molecule has 2 radical (unpaired) electrons. The van der Waals surface area contributed by atoms with Crippen LogP contribution in [0.1, 0.15) is 0 Å². The van der Waals surface area contributed by atoms with E-state index in [4.69, 9.17) is 0 Å². The molecule has 0 bridgehead atoms. The Hall–Kier alpha value is -2.00. The van der Waals surface area contributed by atoms with Gasteiger partial charge in [0.1, 0.15) is 9.52 Å². The van der Waals surface area contributed by atoms with Crippen molar-refractivity contribution in [2.75, 3.05) is 23.9 Å². The Morgan fingerprint density at radius 3 is 1.60 bits per heavy atom. The zero-order valence-electron chi connectivity index (χ0n) is 12.0. The second kappa shape index (κ2) is 6.96. The van der Waals surface area contributed by atoms with Crippen LogP contribution in [0.3, 0.4) is 0 Å². The summed E-state index contributed by atoms with van der Waals surface area (Å²) in [4.78, 5) is 4.60. The number of para-hydroxylation sites is 2. The minimum atomic E-state index is 0.275. The molecule has 0 aliphatic rings. The largest absolute Gasteiger partial charge is 0.358 e. The third-order valence-corrected chi connectivity index (χ3v) is 4.64. The molecule has 0 unspecified atom stereocenters. The number of hydrogen-bond donors (Lipinski definition) is 0. The molecule has 0 heterocycles. The molecule has 0 aliphatic carbocycles. The van der Waals surface area contributed by atoms with E-state index in [1.165, 1.54) is 11.4 Å². The highest BCUT2D eigenvalue weighted by molar-refractivity contribution is 6.45. The smallest absolute Gasteiger partial charge is 0.128 e. The van der Waals surface area contributed by atoms with Crippen molar-refractivity contribution >= 4 is 20.9 Å². The molecule has 0 N–H and O–H groups in total. The minimum Gasteiger partial charge on any atom is -0.358 e. The van der Waals surface area contributed by atoms with Crippen LogP contribution in [-0.2, 0) is 0 Å². The van der Waals surface area contributed by atoms with Crippen molar-refractivity contribution in [3.8, 4) is 0 Å².